The molecule has 1 heterocycles. The summed E-state index contributed by atoms with van der Waals surface area (Å²) in [6.07, 6.45) is 2.11. The van der Waals surface area contributed by atoms with Gasteiger partial charge in [0.2, 0.25) is 0 Å². The summed E-state index contributed by atoms with van der Waals surface area (Å²) >= 11 is 1.01. The molecular weight excluding hydrogens is 232 g/mol. The van der Waals surface area contributed by atoms with Crippen LogP contribution in [0.2, 0.25) is 0 Å². The van der Waals surface area contributed by atoms with E-state index in [0.717, 1.165) is 11.3 Å². The van der Waals surface area contributed by atoms with Crippen molar-refractivity contribution < 1.29 is 19.4 Å². The van der Waals surface area contributed by atoms with E-state index in [4.69, 9.17) is 5.11 Å². The molecule has 0 aliphatic carbocycles. The molecule has 7 heteroatoms. The molecule has 0 fully saturated rings. The monoisotopic (exact) mass is 242 g/mol. The molecule has 86 valence electrons. The lowest BCUT2D eigenvalue weighted by molar-refractivity contribution is 0.0702. The SMILES string of the molecule is C=CCOC(=O)NCc1ncc(C(=O)O)s1. The third-order valence-corrected chi connectivity index (χ3v) is 2.47. The van der Waals surface area contributed by atoms with E-state index in [1.54, 1.807) is 0 Å². The molecule has 1 rings (SSSR count). The fourth-order valence-electron chi connectivity index (χ4n) is 0.824. The second-order valence-electron chi connectivity index (χ2n) is 2.66. The van der Waals surface area contributed by atoms with Crippen LogP contribution in [0.1, 0.15) is 14.7 Å². The molecule has 0 aliphatic rings. The fourth-order valence-corrected chi connectivity index (χ4v) is 1.52. The lowest BCUT2D eigenvalue weighted by Crippen LogP contribution is -2.23. The van der Waals surface area contributed by atoms with E-state index in [-0.39, 0.29) is 18.0 Å². The van der Waals surface area contributed by atoms with Gasteiger partial charge in [-0.05, 0) is 0 Å². The number of aromatic carboxylic acids is 1. The zero-order valence-electron chi connectivity index (χ0n) is 8.30. The van der Waals surface area contributed by atoms with Crippen molar-refractivity contribution in [2.75, 3.05) is 6.61 Å². The van der Waals surface area contributed by atoms with E-state index in [2.05, 4.69) is 21.6 Å². The predicted octanol–water partition coefficient (Wildman–Crippen LogP) is 1.25. The van der Waals surface area contributed by atoms with E-state index in [9.17, 15) is 9.59 Å². The van der Waals surface area contributed by atoms with Crippen LogP contribution in [0.15, 0.2) is 18.9 Å². The van der Waals surface area contributed by atoms with Gasteiger partial charge in [-0.15, -0.1) is 11.3 Å². The highest BCUT2D eigenvalue weighted by atomic mass is 32.1. The van der Waals surface area contributed by atoms with Crippen molar-refractivity contribution in [3.05, 3.63) is 28.7 Å². The van der Waals surface area contributed by atoms with Gasteiger partial charge in [-0.3, -0.25) is 0 Å². The molecule has 1 aromatic heterocycles. The number of aromatic nitrogens is 1. The topological polar surface area (TPSA) is 88.5 Å². The predicted molar refractivity (Wildman–Crippen MR) is 57.5 cm³/mol. The summed E-state index contributed by atoms with van der Waals surface area (Å²) in [5.41, 5.74) is 0. The van der Waals surface area contributed by atoms with Gasteiger partial charge in [0.05, 0.1) is 12.7 Å². The molecular formula is C9H10N2O4S. The molecule has 0 saturated heterocycles. The summed E-state index contributed by atoms with van der Waals surface area (Å²) in [4.78, 5) is 25.5. The zero-order chi connectivity index (χ0) is 12.0. The Kier molecular flexibility index (Phi) is 4.46. The van der Waals surface area contributed by atoms with Gasteiger partial charge >= 0.3 is 12.1 Å². The molecule has 0 radical (unpaired) electrons. The van der Waals surface area contributed by atoms with E-state index < -0.39 is 12.1 Å². The molecule has 0 aromatic carbocycles. The molecule has 2 N–H and O–H groups in total. The van der Waals surface area contributed by atoms with Gasteiger partial charge in [-0.25, -0.2) is 14.6 Å². The van der Waals surface area contributed by atoms with Crippen molar-refractivity contribution in [1.82, 2.24) is 10.3 Å². The number of nitrogens with one attached hydrogen (secondary N) is 1. The largest absolute Gasteiger partial charge is 0.477 e. The highest BCUT2D eigenvalue weighted by Gasteiger charge is 2.09. The molecule has 1 amide bonds. The number of carboxylic acid groups (broad SMARTS) is 1. The molecule has 0 aliphatic heterocycles. The van der Waals surface area contributed by atoms with Crippen LogP contribution in [0.25, 0.3) is 0 Å². The van der Waals surface area contributed by atoms with E-state index in [0.29, 0.717) is 5.01 Å². The normalized spacial score (nSPS) is 9.50. The summed E-state index contributed by atoms with van der Waals surface area (Å²) in [7, 11) is 0. The Balaban J connectivity index is 2.39. The second-order valence-corrected chi connectivity index (χ2v) is 3.78. The van der Waals surface area contributed by atoms with Crippen LogP contribution < -0.4 is 5.32 Å². The number of alkyl carbamates (subject to hydrolysis) is 1. The number of carboxylic acids is 1. The quantitative estimate of drug-likeness (QED) is 0.759. The summed E-state index contributed by atoms with van der Waals surface area (Å²) in [5, 5.41) is 11.6. The first-order chi connectivity index (χ1) is 7.63. The minimum atomic E-state index is -1.03. The molecule has 1 aromatic rings. The van der Waals surface area contributed by atoms with E-state index >= 15 is 0 Å². The number of hydrogen-bond acceptors (Lipinski definition) is 5. The molecule has 0 atom stereocenters. The number of thiazole rings is 1. The van der Waals surface area contributed by atoms with Crippen molar-refractivity contribution in [1.29, 1.82) is 0 Å². The molecule has 0 spiro atoms. The average molecular weight is 242 g/mol. The first-order valence-electron chi connectivity index (χ1n) is 4.33. The van der Waals surface area contributed by atoms with Crippen molar-refractivity contribution in [3.63, 3.8) is 0 Å². The van der Waals surface area contributed by atoms with E-state index in [1.165, 1.54) is 12.3 Å². The van der Waals surface area contributed by atoms with Gasteiger partial charge in [0.15, 0.2) is 0 Å². The maximum Gasteiger partial charge on any atom is 0.407 e. The van der Waals surface area contributed by atoms with Gasteiger partial charge < -0.3 is 15.2 Å². The van der Waals surface area contributed by atoms with Gasteiger partial charge in [0, 0.05) is 0 Å². The van der Waals surface area contributed by atoms with Gasteiger partial charge in [-0.1, -0.05) is 12.7 Å². The van der Waals surface area contributed by atoms with Crippen LogP contribution in [0, 0.1) is 0 Å². The van der Waals surface area contributed by atoms with Crippen LogP contribution in [-0.4, -0.2) is 28.8 Å². The van der Waals surface area contributed by atoms with Gasteiger partial charge in [-0.2, -0.15) is 0 Å². The first-order valence-corrected chi connectivity index (χ1v) is 5.14. The van der Waals surface area contributed by atoms with Crippen molar-refractivity contribution in [2.45, 2.75) is 6.54 Å². The Bertz CT molecular complexity index is 402. The van der Waals surface area contributed by atoms with Crippen LogP contribution in [0.5, 0.6) is 0 Å². The Labute approximate surface area is 95.6 Å². The van der Waals surface area contributed by atoms with Crippen molar-refractivity contribution in [3.8, 4) is 0 Å². The summed E-state index contributed by atoms with van der Waals surface area (Å²) in [6, 6.07) is 0. The molecule has 0 saturated carbocycles. The Hall–Kier alpha value is -1.89. The third kappa shape index (κ3) is 3.70. The second kappa shape index (κ2) is 5.86. The van der Waals surface area contributed by atoms with Crippen molar-refractivity contribution >= 4 is 23.4 Å². The number of ether oxygens (including phenoxy) is 1. The highest BCUT2D eigenvalue weighted by molar-refractivity contribution is 7.13. The zero-order valence-corrected chi connectivity index (χ0v) is 9.12. The fraction of sp³-hybridized carbons (Fsp3) is 0.222. The Morgan fingerprint density at radius 1 is 1.69 bits per heavy atom. The summed E-state index contributed by atoms with van der Waals surface area (Å²) < 4.78 is 4.66. The summed E-state index contributed by atoms with van der Waals surface area (Å²) in [6.45, 7) is 3.67. The maximum atomic E-state index is 11.0. The van der Waals surface area contributed by atoms with E-state index in [1.807, 2.05) is 0 Å². The lowest BCUT2D eigenvalue weighted by Gasteiger charge is -2.02. The van der Waals surface area contributed by atoms with Crippen LogP contribution in [0.3, 0.4) is 0 Å². The lowest BCUT2D eigenvalue weighted by atomic mass is 10.6. The minimum Gasteiger partial charge on any atom is -0.477 e. The number of amides is 1. The Morgan fingerprint density at radius 2 is 2.44 bits per heavy atom. The van der Waals surface area contributed by atoms with Crippen LogP contribution in [0.4, 0.5) is 4.79 Å². The standard InChI is InChI=1S/C9H10N2O4S/c1-2-3-15-9(14)11-5-7-10-4-6(16-7)8(12)13/h2,4H,1,3,5H2,(H,11,14)(H,12,13). The van der Waals surface area contributed by atoms with Gasteiger partial charge in [0.1, 0.15) is 16.5 Å². The van der Waals surface area contributed by atoms with Crippen LogP contribution in [-0.2, 0) is 11.3 Å². The van der Waals surface area contributed by atoms with Crippen LogP contribution >= 0.6 is 11.3 Å². The van der Waals surface area contributed by atoms with Crippen molar-refractivity contribution in [2.24, 2.45) is 0 Å². The molecule has 0 bridgehead atoms. The highest BCUT2D eigenvalue weighted by Crippen LogP contribution is 2.12. The first kappa shape index (κ1) is 12.2. The number of carbonyl (C=O) groups excluding carboxylic acids is 1. The molecule has 0 unspecified atom stereocenters. The summed E-state index contributed by atoms with van der Waals surface area (Å²) in [5.74, 6) is -1.03. The molecule has 16 heavy (non-hydrogen) atoms. The number of rotatable bonds is 5. The smallest absolute Gasteiger partial charge is 0.407 e. The molecule has 6 nitrogen and oxygen atoms in total. The number of carbonyl (C=O) groups is 2. The number of nitrogens with zero attached hydrogens (tertiary/aromatic N) is 1. The Morgan fingerprint density at radius 3 is 3.00 bits per heavy atom. The third-order valence-electron chi connectivity index (χ3n) is 1.48. The maximum absolute atomic E-state index is 11.0. The minimum absolute atomic E-state index is 0.129. The average Bonchev–Trinajstić information content (AvgIpc) is 2.72. The number of hydrogen-bond donors (Lipinski definition) is 2. The van der Waals surface area contributed by atoms with Gasteiger partial charge in [0.25, 0.3) is 0 Å².